The van der Waals surface area contributed by atoms with Gasteiger partial charge in [0.15, 0.2) is 11.5 Å². The monoisotopic (exact) mass is 300 g/mol. The van der Waals surface area contributed by atoms with E-state index in [0.29, 0.717) is 5.92 Å². The van der Waals surface area contributed by atoms with Gasteiger partial charge in [0.05, 0.1) is 14.2 Å². The lowest BCUT2D eigenvalue weighted by atomic mass is 10.1. The molecule has 2 rings (SSSR count). The second-order valence-electron chi connectivity index (χ2n) is 5.26. The number of aryl methyl sites for hydroxylation is 1. The minimum atomic E-state index is 0. The molecule has 1 aliphatic rings. The number of nitrogens with two attached hydrogens (primary N) is 1. The number of hydrogen-bond donors (Lipinski definition) is 1. The number of benzene rings is 1. The summed E-state index contributed by atoms with van der Waals surface area (Å²) in [6.45, 7) is 6.11. The molecule has 1 fully saturated rings. The van der Waals surface area contributed by atoms with Crippen LogP contribution in [0.4, 0.5) is 0 Å². The second kappa shape index (κ2) is 7.72. The summed E-state index contributed by atoms with van der Waals surface area (Å²) in [5, 5.41) is 0. The zero-order chi connectivity index (χ0) is 13.8. The molecule has 0 aromatic heterocycles. The summed E-state index contributed by atoms with van der Waals surface area (Å²) in [6, 6.07) is 4.13. The molecule has 0 amide bonds. The summed E-state index contributed by atoms with van der Waals surface area (Å²) in [6.07, 6.45) is 1.21. The topological polar surface area (TPSA) is 47.7 Å². The zero-order valence-electron chi connectivity index (χ0n) is 12.5. The van der Waals surface area contributed by atoms with E-state index in [1.54, 1.807) is 14.2 Å². The molecule has 1 heterocycles. The van der Waals surface area contributed by atoms with E-state index < -0.39 is 0 Å². The van der Waals surface area contributed by atoms with Crippen LogP contribution in [0, 0.1) is 12.8 Å². The number of methoxy groups -OCH3 is 2. The lowest BCUT2D eigenvalue weighted by Crippen LogP contribution is -2.23. The molecule has 0 spiro atoms. The molecule has 1 saturated heterocycles. The third-order valence-corrected chi connectivity index (χ3v) is 3.94. The average molecular weight is 301 g/mol. The molecule has 20 heavy (non-hydrogen) atoms. The molecular formula is C15H25ClN2O2. The number of rotatable bonds is 5. The fourth-order valence-corrected chi connectivity index (χ4v) is 2.68. The van der Waals surface area contributed by atoms with Gasteiger partial charge in [-0.25, -0.2) is 0 Å². The number of halogens is 1. The maximum atomic E-state index is 5.74. The molecule has 0 bridgehead atoms. The third-order valence-electron chi connectivity index (χ3n) is 3.94. The van der Waals surface area contributed by atoms with E-state index in [4.69, 9.17) is 15.2 Å². The van der Waals surface area contributed by atoms with Crippen molar-refractivity contribution in [3.05, 3.63) is 23.3 Å². The molecule has 0 aliphatic carbocycles. The lowest BCUT2D eigenvalue weighted by Gasteiger charge is -2.19. The first-order chi connectivity index (χ1) is 9.17. The first-order valence-electron chi connectivity index (χ1n) is 6.81. The predicted octanol–water partition coefficient (Wildman–Crippen LogP) is 2.21. The predicted molar refractivity (Wildman–Crippen MR) is 84.0 cm³/mol. The van der Waals surface area contributed by atoms with Gasteiger partial charge in [-0.1, -0.05) is 0 Å². The first-order valence-corrected chi connectivity index (χ1v) is 6.81. The Hall–Kier alpha value is -0.970. The van der Waals surface area contributed by atoms with E-state index in [1.807, 2.05) is 6.07 Å². The standard InChI is InChI=1S/C15H24N2O2.ClH/c1-11-6-14(18-2)15(19-3)7-13(11)10-17-5-4-12(8-16)9-17;/h6-7,12H,4-5,8-10,16H2,1-3H3;1H. The Morgan fingerprint density at radius 1 is 1.25 bits per heavy atom. The molecule has 0 radical (unpaired) electrons. The van der Waals surface area contributed by atoms with E-state index in [2.05, 4.69) is 17.9 Å². The van der Waals surface area contributed by atoms with Crippen molar-refractivity contribution >= 4 is 12.4 Å². The van der Waals surface area contributed by atoms with Crippen molar-refractivity contribution < 1.29 is 9.47 Å². The third kappa shape index (κ3) is 3.78. The summed E-state index contributed by atoms with van der Waals surface area (Å²) >= 11 is 0. The molecule has 5 heteroatoms. The maximum absolute atomic E-state index is 5.74. The molecule has 4 nitrogen and oxygen atoms in total. The van der Waals surface area contributed by atoms with Crippen molar-refractivity contribution in [2.45, 2.75) is 19.9 Å². The smallest absolute Gasteiger partial charge is 0.161 e. The van der Waals surface area contributed by atoms with Gasteiger partial charge in [-0.05, 0) is 55.6 Å². The molecule has 1 aromatic rings. The van der Waals surface area contributed by atoms with E-state index in [-0.39, 0.29) is 12.4 Å². The van der Waals surface area contributed by atoms with Crippen LogP contribution in [0.15, 0.2) is 12.1 Å². The Balaban J connectivity index is 0.00000200. The molecule has 2 N–H and O–H groups in total. The highest BCUT2D eigenvalue weighted by molar-refractivity contribution is 5.85. The summed E-state index contributed by atoms with van der Waals surface area (Å²) in [7, 11) is 3.35. The Labute approximate surface area is 127 Å². The maximum Gasteiger partial charge on any atom is 0.161 e. The van der Waals surface area contributed by atoms with Crippen molar-refractivity contribution in [1.29, 1.82) is 0 Å². The lowest BCUT2D eigenvalue weighted by molar-refractivity contribution is 0.314. The van der Waals surface area contributed by atoms with E-state index in [0.717, 1.165) is 37.7 Å². The fraction of sp³-hybridized carbons (Fsp3) is 0.600. The normalized spacial score (nSPS) is 18.7. The molecule has 114 valence electrons. The van der Waals surface area contributed by atoms with Gasteiger partial charge in [0, 0.05) is 13.1 Å². The van der Waals surface area contributed by atoms with Gasteiger partial charge >= 0.3 is 0 Å². The molecule has 1 aliphatic heterocycles. The summed E-state index contributed by atoms with van der Waals surface area (Å²) < 4.78 is 10.7. The number of hydrogen-bond acceptors (Lipinski definition) is 4. The number of likely N-dealkylation sites (tertiary alicyclic amines) is 1. The van der Waals surface area contributed by atoms with Gasteiger partial charge in [0.2, 0.25) is 0 Å². The molecular weight excluding hydrogens is 276 g/mol. The van der Waals surface area contributed by atoms with Gasteiger partial charge in [0.1, 0.15) is 0 Å². The first kappa shape index (κ1) is 17.1. The van der Waals surface area contributed by atoms with Gasteiger partial charge in [-0.15, -0.1) is 12.4 Å². The molecule has 1 atom stereocenters. The van der Waals surface area contributed by atoms with Crippen molar-refractivity contribution in [3.63, 3.8) is 0 Å². The zero-order valence-corrected chi connectivity index (χ0v) is 13.3. The van der Waals surface area contributed by atoms with Crippen molar-refractivity contribution in [1.82, 2.24) is 4.90 Å². The molecule has 0 saturated carbocycles. The fourth-order valence-electron chi connectivity index (χ4n) is 2.68. The SMILES string of the molecule is COc1cc(C)c(CN2CCC(CN)C2)cc1OC.Cl. The summed E-state index contributed by atoms with van der Waals surface area (Å²) in [5.41, 5.74) is 8.29. The minimum absolute atomic E-state index is 0. The largest absolute Gasteiger partial charge is 0.493 e. The van der Waals surface area contributed by atoms with Crippen LogP contribution < -0.4 is 15.2 Å². The summed E-state index contributed by atoms with van der Waals surface area (Å²) in [4.78, 5) is 2.46. The van der Waals surface area contributed by atoms with Crippen LogP contribution in [0.2, 0.25) is 0 Å². The van der Waals surface area contributed by atoms with Gasteiger partial charge in [-0.3, -0.25) is 4.90 Å². The van der Waals surface area contributed by atoms with Crippen LogP contribution in [0.3, 0.4) is 0 Å². The van der Waals surface area contributed by atoms with Crippen LogP contribution >= 0.6 is 12.4 Å². The van der Waals surface area contributed by atoms with Crippen LogP contribution in [-0.2, 0) is 6.54 Å². The van der Waals surface area contributed by atoms with Crippen molar-refractivity contribution in [2.24, 2.45) is 11.7 Å². The molecule has 1 unspecified atom stereocenters. The van der Waals surface area contributed by atoms with Crippen molar-refractivity contribution in [3.8, 4) is 11.5 Å². The summed E-state index contributed by atoms with van der Waals surface area (Å²) in [5.74, 6) is 2.25. The molecule has 1 aromatic carbocycles. The Morgan fingerprint density at radius 3 is 2.45 bits per heavy atom. The van der Waals surface area contributed by atoms with Crippen LogP contribution in [-0.4, -0.2) is 38.8 Å². The van der Waals surface area contributed by atoms with Crippen molar-refractivity contribution in [2.75, 3.05) is 33.9 Å². The highest BCUT2D eigenvalue weighted by Gasteiger charge is 2.22. The Morgan fingerprint density at radius 2 is 1.90 bits per heavy atom. The Bertz CT molecular complexity index is 440. The second-order valence-corrected chi connectivity index (χ2v) is 5.26. The van der Waals surface area contributed by atoms with E-state index in [1.165, 1.54) is 17.5 Å². The average Bonchev–Trinajstić information content (AvgIpc) is 2.88. The number of nitrogens with zero attached hydrogens (tertiary/aromatic N) is 1. The van der Waals surface area contributed by atoms with Crippen LogP contribution in [0.25, 0.3) is 0 Å². The van der Waals surface area contributed by atoms with E-state index >= 15 is 0 Å². The van der Waals surface area contributed by atoms with Crippen LogP contribution in [0.1, 0.15) is 17.5 Å². The van der Waals surface area contributed by atoms with Crippen LogP contribution in [0.5, 0.6) is 11.5 Å². The van der Waals surface area contributed by atoms with Gasteiger partial charge in [-0.2, -0.15) is 0 Å². The van der Waals surface area contributed by atoms with Gasteiger partial charge in [0.25, 0.3) is 0 Å². The van der Waals surface area contributed by atoms with Gasteiger partial charge < -0.3 is 15.2 Å². The Kier molecular flexibility index (Phi) is 6.59. The minimum Gasteiger partial charge on any atom is -0.493 e. The quantitative estimate of drug-likeness (QED) is 0.906. The number of ether oxygens (including phenoxy) is 2. The van der Waals surface area contributed by atoms with E-state index in [9.17, 15) is 0 Å². The highest BCUT2D eigenvalue weighted by Crippen LogP contribution is 2.31. The highest BCUT2D eigenvalue weighted by atomic mass is 35.5.